The number of rotatable bonds is 14. The van der Waals surface area contributed by atoms with Crippen LogP contribution in [0.2, 0.25) is 5.02 Å². The lowest BCUT2D eigenvalue weighted by atomic mass is 10.0. The zero-order valence-electron chi connectivity index (χ0n) is 19.5. The van der Waals surface area contributed by atoms with E-state index in [9.17, 15) is 14.3 Å². The van der Waals surface area contributed by atoms with Gasteiger partial charge in [-0.15, -0.1) is 11.3 Å². The summed E-state index contributed by atoms with van der Waals surface area (Å²) in [5, 5.41) is 24.8. The predicted molar refractivity (Wildman–Crippen MR) is 133 cm³/mol. The molecule has 1 fully saturated rings. The van der Waals surface area contributed by atoms with Crippen molar-refractivity contribution in [3.05, 3.63) is 56.5 Å². The number of halogens is 2. The molecule has 3 N–H and O–H groups in total. The van der Waals surface area contributed by atoms with Gasteiger partial charge in [0, 0.05) is 24.1 Å². The van der Waals surface area contributed by atoms with Crippen LogP contribution >= 0.6 is 22.9 Å². The Kier molecular flexibility index (Phi) is 10.8. The molecule has 1 saturated heterocycles. The number of nitrogens with one attached hydrogen (secondary N) is 1. The van der Waals surface area contributed by atoms with Crippen molar-refractivity contribution in [1.29, 1.82) is 0 Å². The Balaban J connectivity index is 1.41. The number of carbonyl (C=O) groups is 1. The summed E-state index contributed by atoms with van der Waals surface area (Å²) in [5.74, 6) is -1.19. The first kappa shape index (κ1) is 27.0. The first-order valence-corrected chi connectivity index (χ1v) is 13.1. The third-order valence-corrected chi connectivity index (χ3v) is 7.51. The number of nitrogens with zero attached hydrogens (tertiary/aromatic N) is 1. The van der Waals surface area contributed by atoms with E-state index < -0.39 is 12.1 Å². The third kappa shape index (κ3) is 8.00. The summed E-state index contributed by atoms with van der Waals surface area (Å²) in [7, 11) is 0. The molecule has 3 rings (SSSR count). The lowest BCUT2D eigenvalue weighted by molar-refractivity contribution is -0.136. The predicted octanol–water partition coefficient (Wildman–Crippen LogP) is 4.64. The van der Waals surface area contributed by atoms with Gasteiger partial charge >= 0.3 is 5.97 Å². The average Bonchev–Trinajstić information content (AvgIpc) is 3.45. The summed E-state index contributed by atoms with van der Waals surface area (Å²) in [6, 6.07) is 7.31. The van der Waals surface area contributed by atoms with Gasteiger partial charge < -0.3 is 20.3 Å². The number of aliphatic carboxylic acids is 1. The highest BCUT2D eigenvalue weighted by Crippen LogP contribution is 2.30. The van der Waals surface area contributed by atoms with Gasteiger partial charge in [0.1, 0.15) is 5.82 Å². The molecule has 2 heterocycles. The largest absolute Gasteiger partial charge is 0.481 e. The zero-order valence-corrected chi connectivity index (χ0v) is 21.1. The summed E-state index contributed by atoms with van der Waals surface area (Å²) in [4.78, 5) is 14.3. The Morgan fingerprint density at radius 2 is 2.24 bits per heavy atom. The maximum Gasteiger partial charge on any atom is 0.303 e. The van der Waals surface area contributed by atoms with E-state index in [0.717, 1.165) is 48.2 Å². The fourth-order valence-electron chi connectivity index (χ4n) is 4.42. The Morgan fingerprint density at radius 3 is 2.97 bits per heavy atom. The van der Waals surface area contributed by atoms with Crippen molar-refractivity contribution in [3.8, 4) is 0 Å². The first-order valence-electron chi connectivity index (χ1n) is 11.8. The van der Waals surface area contributed by atoms with Gasteiger partial charge in [-0.3, -0.25) is 9.69 Å². The summed E-state index contributed by atoms with van der Waals surface area (Å²) < 4.78 is 19.8. The van der Waals surface area contributed by atoms with E-state index in [0.29, 0.717) is 25.7 Å². The molecular weight excluding hydrogens is 479 g/mol. The summed E-state index contributed by atoms with van der Waals surface area (Å²) in [5.41, 5.74) is 1.96. The molecule has 6 nitrogen and oxygen atoms in total. The third-order valence-electron chi connectivity index (χ3n) is 6.20. The molecule has 0 radical (unpaired) electrons. The highest BCUT2D eigenvalue weighted by molar-refractivity contribution is 7.10. The Labute approximate surface area is 209 Å². The monoisotopic (exact) mass is 512 g/mol. The molecule has 1 unspecified atom stereocenters. The normalized spacial score (nSPS) is 18.3. The smallest absolute Gasteiger partial charge is 0.303 e. The molecule has 2 aromatic rings. The SMILES string of the molecule is CCC(OC[C@H](O)CNCN1CCC[C@H]1Cc1ccc(Cl)c(F)c1)c1ccsc1CCC(=O)O. The number of aliphatic hydroxyl groups excluding tert-OH is 1. The number of thiophene rings is 1. The summed E-state index contributed by atoms with van der Waals surface area (Å²) in [6.45, 7) is 4.25. The minimum absolute atomic E-state index is 0.0982. The standard InChI is InChI=1S/C25H34ClFN2O4S/c1-2-23(20-9-11-34-24(20)7-8-25(31)32)33-15-19(30)14-28-16-29-10-3-4-18(29)12-17-5-6-21(26)22(27)13-17/h5-6,9,11,13,18-19,23,28,30H,2-4,7-8,10,12,14-16H2,1H3,(H,31,32)/t18-,19+,23?/m0/s1. The number of ether oxygens (including phenoxy) is 1. The number of carboxylic acids is 1. The summed E-state index contributed by atoms with van der Waals surface area (Å²) in [6.07, 6.45) is 3.45. The van der Waals surface area contributed by atoms with Crippen LogP contribution in [0, 0.1) is 5.82 Å². The number of benzene rings is 1. The van der Waals surface area contributed by atoms with Crippen molar-refractivity contribution >= 4 is 28.9 Å². The maximum atomic E-state index is 13.8. The van der Waals surface area contributed by atoms with Crippen LogP contribution in [0.5, 0.6) is 0 Å². The Hall–Kier alpha value is -1.55. The molecule has 9 heteroatoms. The highest BCUT2D eigenvalue weighted by Gasteiger charge is 2.25. The Bertz CT molecular complexity index is 928. The van der Waals surface area contributed by atoms with Crippen LogP contribution in [-0.2, 0) is 22.4 Å². The van der Waals surface area contributed by atoms with E-state index in [1.165, 1.54) is 6.07 Å². The lowest BCUT2D eigenvalue weighted by Gasteiger charge is -2.26. The van der Waals surface area contributed by atoms with E-state index in [-0.39, 0.29) is 30.0 Å². The van der Waals surface area contributed by atoms with Crippen molar-refractivity contribution in [2.75, 3.05) is 26.4 Å². The van der Waals surface area contributed by atoms with E-state index in [1.54, 1.807) is 17.4 Å². The van der Waals surface area contributed by atoms with Crippen molar-refractivity contribution in [3.63, 3.8) is 0 Å². The van der Waals surface area contributed by atoms with Crippen molar-refractivity contribution in [2.24, 2.45) is 0 Å². The molecule has 0 amide bonds. The second-order valence-electron chi connectivity index (χ2n) is 8.75. The number of hydrogen-bond donors (Lipinski definition) is 3. The Morgan fingerprint density at radius 1 is 1.41 bits per heavy atom. The van der Waals surface area contributed by atoms with Gasteiger partial charge in [0.15, 0.2) is 0 Å². The van der Waals surface area contributed by atoms with Gasteiger partial charge in [-0.25, -0.2) is 4.39 Å². The van der Waals surface area contributed by atoms with E-state index in [2.05, 4.69) is 10.2 Å². The lowest BCUT2D eigenvalue weighted by Crippen LogP contribution is -2.42. The molecule has 1 aliphatic rings. The quantitative estimate of drug-likeness (QED) is 0.342. The van der Waals surface area contributed by atoms with Crippen molar-refractivity contribution in [1.82, 2.24) is 10.2 Å². The van der Waals surface area contributed by atoms with Crippen LogP contribution in [0.4, 0.5) is 4.39 Å². The number of aryl methyl sites for hydroxylation is 1. The van der Waals surface area contributed by atoms with Crippen LogP contribution in [-0.4, -0.2) is 59.6 Å². The van der Waals surface area contributed by atoms with Gasteiger partial charge in [-0.2, -0.15) is 0 Å². The molecule has 34 heavy (non-hydrogen) atoms. The number of likely N-dealkylation sites (tertiary alicyclic amines) is 1. The fraction of sp³-hybridized carbons (Fsp3) is 0.560. The summed E-state index contributed by atoms with van der Waals surface area (Å²) >= 11 is 7.34. The second-order valence-corrected chi connectivity index (χ2v) is 10.2. The van der Waals surface area contributed by atoms with Gasteiger partial charge in [0.2, 0.25) is 0 Å². The first-order chi connectivity index (χ1) is 16.4. The maximum absolute atomic E-state index is 13.8. The van der Waals surface area contributed by atoms with Gasteiger partial charge in [0.25, 0.3) is 0 Å². The highest BCUT2D eigenvalue weighted by atomic mass is 35.5. The molecule has 0 aliphatic carbocycles. The van der Waals surface area contributed by atoms with Crippen LogP contribution < -0.4 is 5.32 Å². The number of aliphatic hydroxyl groups is 1. The molecule has 188 valence electrons. The zero-order chi connectivity index (χ0) is 24.5. The molecule has 1 aliphatic heterocycles. The minimum atomic E-state index is -0.810. The molecule has 1 aromatic carbocycles. The molecule has 1 aromatic heterocycles. The topological polar surface area (TPSA) is 82.0 Å². The molecule has 3 atom stereocenters. The van der Waals surface area contributed by atoms with Crippen LogP contribution in [0.1, 0.15) is 54.7 Å². The molecule has 0 bridgehead atoms. The van der Waals surface area contributed by atoms with Crippen molar-refractivity contribution < 1.29 is 24.1 Å². The molecule has 0 spiro atoms. The number of carboxylic acid groups (broad SMARTS) is 1. The molecular formula is C25H34ClFN2O4S. The van der Waals surface area contributed by atoms with E-state index in [4.69, 9.17) is 21.4 Å². The average molecular weight is 513 g/mol. The van der Waals surface area contributed by atoms with Crippen LogP contribution in [0.3, 0.4) is 0 Å². The van der Waals surface area contributed by atoms with E-state index in [1.807, 2.05) is 24.4 Å². The molecule has 0 saturated carbocycles. The second kappa shape index (κ2) is 13.5. The van der Waals surface area contributed by atoms with Gasteiger partial charge in [-0.05, 0) is 73.4 Å². The number of hydrogen-bond acceptors (Lipinski definition) is 6. The van der Waals surface area contributed by atoms with Crippen LogP contribution in [0.15, 0.2) is 29.6 Å². The van der Waals surface area contributed by atoms with E-state index >= 15 is 0 Å². The van der Waals surface area contributed by atoms with Crippen LogP contribution in [0.25, 0.3) is 0 Å². The van der Waals surface area contributed by atoms with Crippen molar-refractivity contribution in [2.45, 2.75) is 63.7 Å². The van der Waals surface area contributed by atoms with Gasteiger partial charge in [0.05, 0.1) is 30.3 Å². The minimum Gasteiger partial charge on any atom is -0.481 e. The fourth-order valence-corrected chi connectivity index (χ4v) is 5.47. The van der Waals surface area contributed by atoms with Gasteiger partial charge in [-0.1, -0.05) is 24.6 Å².